The second-order valence-corrected chi connectivity index (χ2v) is 5.84. The van der Waals surface area contributed by atoms with Crippen molar-refractivity contribution in [2.24, 2.45) is 0 Å². The molecule has 0 aliphatic rings. The normalized spacial score (nSPS) is 10.6. The SMILES string of the molecule is CCCCCCCCCCCCCCOC(=O)OCCC. The van der Waals surface area contributed by atoms with Gasteiger partial charge in [0.2, 0.25) is 0 Å². The first-order valence-electron chi connectivity index (χ1n) is 9.10. The van der Waals surface area contributed by atoms with Crippen LogP contribution in [0.3, 0.4) is 0 Å². The first-order chi connectivity index (χ1) is 10.3. The van der Waals surface area contributed by atoms with Crippen molar-refractivity contribution in [3.05, 3.63) is 0 Å². The first kappa shape index (κ1) is 20.3. The van der Waals surface area contributed by atoms with Crippen molar-refractivity contribution in [1.82, 2.24) is 0 Å². The lowest BCUT2D eigenvalue weighted by Crippen LogP contribution is -2.08. The summed E-state index contributed by atoms with van der Waals surface area (Å²) in [7, 11) is 0. The van der Waals surface area contributed by atoms with Crippen molar-refractivity contribution in [1.29, 1.82) is 0 Å². The standard InChI is InChI=1S/C18H36O3/c1-3-5-6-7-8-9-10-11-12-13-14-15-17-21-18(19)20-16-4-2/h3-17H2,1-2H3. The molecule has 126 valence electrons. The van der Waals surface area contributed by atoms with Crippen LogP contribution in [0.4, 0.5) is 4.79 Å². The Morgan fingerprint density at radius 1 is 0.571 bits per heavy atom. The number of rotatable bonds is 15. The molecule has 21 heavy (non-hydrogen) atoms. The minimum atomic E-state index is -0.514. The molecule has 0 atom stereocenters. The van der Waals surface area contributed by atoms with Crippen molar-refractivity contribution < 1.29 is 14.3 Å². The Labute approximate surface area is 131 Å². The van der Waals surface area contributed by atoms with Crippen molar-refractivity contribution >= 4 is 6.16 Å². The molecule has 3 heteroatoms. The highest BCUT2D eigenvalue weighted by Gasteiger charge is 2.01. The van der Waals surface area contributed by atoms with Gasteiger partial charge in [0.05, 0.1) is 13.2 Å². The van der Waals surface area contributed by atoms with Crippen LogP contribution in [0.15, 0.2) is 0 Å². The van der Waals surface area contributed by atoms with Crippen molar-refractivity contribution in [3.63, 3.8) is 0 Å². The van der Waals surface area contributed by atoms with Gasteiger partial charge in [-0.3, -0.25) is 0 Å². The monoisotopic (exact) mass is 300 g/mol. The second-order valence-electron chi connectivity index (χ2n) is 5.84. The van der Waals surface area contributed by atoms with Gasteiger partial charge in [-0.1, -0.05) is 84.5 Å². The van der Waals surface area contributed by atoms with Gasteiger partial charge in [0.15, 0.2) is 0 Å². The molecule has 0 aliphatic heterocycles. The first-order valence-corrected chi connectivity index (χ1v) is 9.10. The molecule has 0 radical (unpaired) electrons. The van der Waals surface area contributed by atoms with E-state index in [1.54, 1.807) is 0 Å². The van der Waals surface area contributed by atoms with Gasteiger partial charge in [0.25, 0.3) is 0 Å². The van der Waals surface area contributed by atoms with E-state index in [1.807, 2.05) is 6.92 Å². The van der Waals surface area contributed by atoms with E-state index in [0.29, 0.717) is 13.2 Å². The quantitative estimate of drug-likeness (QED) is 0.265. The summed E-state index contributed by atoms with van der Waals surface area (Å²) in [5, 5.41) is 0. The lowest BCUT2D eigenvalue weighted by atomic mass is 10.1. The van der Waals surface area contributed by atoms with Gasteiger partial charge >= 0.3 is 6.16 Å². The van der Waals surface area contributed by atoms with E-state index in [0.717, 1.165) is 19.3 Å². The Bertz CT molecular complexity index is 217. The van der Waals surface area contributed by atoms with Crippen molar-refractivity contribution in [2.75, 3.05) is 13.2 Å². The molecule has 0 saturated carbocycles. The van der Waals surface area contributed by atoms with Gasteiger partial charge in [-0.05, 0) is 12.8 Å². The Kier molecular flexibility index (Phi) is 16.7. The Hall–Kier alpha value is -0.730. The smallest absolute Gasteiger partial charge is 0.434 e. The fraction of sp³-hybridized carbons (Fsp3) is 0.944. The summed E-state index contributed by atoms with van der Waals surface area (Å²) in [6.07, 6.45) is 16.1. The van der Waals surface area contributed by atoms with Crippen LogP contribution in [-0.2, 0) is 9.47 Å². The maximum absolute atomic E-state index is 11.1. The van der Waals surface area contributed by atoms with Gasteiger partial charge in [0.1, 0.15) is 0 Å². The zero-order valence-electron chi connectivity index (χ0n) is 14.3. The molecular weight excluding hydrogens is 264 g/mol. The number of carbonyl (C=O) groups is 1. The molecule has 0 aliphatic carbocycles. The molecule has 0 saturated heterocycles. The lowest BCUT2D eigenvalue weighted by molar-refractivity contribution is 0.0541. The topological polar surface area (TPSA) is 35.5 Å². The second kappa shape index (κ2) is 17.3. The molecular formula is C18H36O3. The van der Waals surface area contributed by atoms with Crippen LogP contribution < -0.4 is 0 Å². The van der Waals surface area contributed by atoms with E-state index in [1.165, 1.54) is 64.2 Å². The maximum atomic E-state index is 11.1. The molecule has 0 rings (SSSR count). The Morgan fingerprint density at radius 3 is 1.48 bits per heavy atom. The summed E-state index contributed by atoms with van der Waals surface area (Å²) >= 11 is 0. The predicted molar refractivity (Wildman–Crippen MR) is 88.7 cm³/mol. The third kappa shape index (κ3) is 17.2. The molecule has 0 spiro atoms. The summed E-state index contributed by atoms with van der Waals surface area (Å²) < 4.78 is 9.81. The van der Waals surface area contributed by atoms with E-state index < -0.39 is 6.16 Å². The highest BCUT2D eigenvalue weighted by atomic mass is 16.7. The van der Waals surface area contributed by atoms with Crippen LogP contribution in [0.5, 0.6) is 0 Å². The van der Waals surface area contributed by atoms with Crippen LogP contribution >= 0.6 is 0 Å². The molecule has 0 amide bonds. The molecule has 0 fully saturated rings. The molecule has 3 nitrogen and oxygen atoms in total. The maximum Gasteiger partial charge on any atom is 0.508 e. The van der Waals surface area contributed by atoms with E-state index in [2.05, 4.69) is 6.92 Å². The fourth-order valence-electron chi connectivity index (χ4n) is 2.33. The van der Waals surface area contributed by atoms with Gasteiger partial charge in [0, 0.05) is 0 Å². The average Bonchev–Trinajstić information content (AvgIpc) is 2.49. The molecule has 0 aromatic heterocycles. The van der Waals surface area contributed by atoms with E-state index in [9.17, 15) is 4.79 Å². The number of hydrogen-bond acceptors (Lipinski definition) is 3. The molecule has 0 N–H and O–H groups in total. The molecule has 0 aromatic rings. The molecule has 0 unspecified atom stereocenters. The summed E-state index contributed by atoms with van der Waals surface area (Å²) in [4.78, 5) is 11.1. The van der Waals surface area contributed by atoms with Gasteiger partial charge in [-0.2, -0.15) is 0 Å². The number of carbonyl (C=O) groups excluding carboxylic acids is 1. The van der Waals surface area contributed by atoms with Crippen LogP contribution in [0.25, 0.3) is 0 Å². The van der Waals surface area contributed by atoms with Crippen LogP contribution in [0.1, 0.15) is 97.3 Å². The summed E-state index contributed by atoms with van der Waals surface area (Å²) in [5.74, 6) is 0. The minimum absolute atomic E-state index is 0.456. The van der Waals surface area contributed by atoms with E-state index in [4.69, 9.17) is 9.47 Å². The van der Waals surface area contributed by atoms with Gasteiger partial charge < -0.3 is 9.47 Å². The third-order valence-corrected chi connectivity index (χ3v) is 3.64. The molecule has 0 aromatic carbocycles. The number of hydrogen-bond donors (Lipinski definition) is 0. The largest absolute Gasteiger partial charge is 0.508 e. The van der Waals surface area contributed by atoms with Crippen LogP contribution in [-0.4, -0.2) is 19.4 Å². The summed E-state index contributed by atoms with van der Waals surface area (Å²) in [6, 6.07) is 0. The van der Waals surface area contributed by atoms with Crippen molar-refractivity contribution in [3.8, 4) is 0 Å². The number of ether oxygens (including phenoxy) is 2. The van der Waals surface area contributed by atoms with Crippen molar-refractivity contribution in [2.45, 2.75) is 97.3 Å². The zero-order valence-corrected chi connectivity index (χ0v) is 14.3. The van der Waals surface area contributed by atoms with E-state index in [-0.39, 0.29) is 0 Å². The fourth-order valence-corrected chi connectivity index (χ4v) is 2.33. The van der Waals surface area contributed by atoms with Gasteiger partial charge in [-0.15, -0.1) is 0 Å². The molecule has 0 bridgehead atoms. The highest BCUT2D eigenvalue weighted by molar-refractivity contribution is 5.59. The van der Waals surface area contributed by atoms with E-state index >= 15 is 0 Å². The summed E-state index contributed by atoms with van der Waals surface area (Å²) in [5.41, 5.74) is 0. The lowest BCUT2D eigenvalue weighted by Gasteiger charge is -2.05. The Balaban J connectivity index is 3.04. The average molecular weight is 300 g/mol. The summed E-state index contributed by atoms with van der Waals surface area (Å²) in [6.45, 7) is 5.19. The van der Waals surface area contributed by atoms with Crippen LogP contribution in [0, 0.1) is 0 Å². The predicted octanol–water partition coefficient (Wildman–Crippen LogP) is 6.25. The van der Waals surface area contributed by atoms with Gasteiger partial charge in [-0.25, -0.2) is 4.79 Å². The Morgan fingerprint density at radius 2 is 1.00 bits per heavy atom. The third-order valence-electron chi connectivity index (χ3n) is 3.64. The minimum Gasteiger partial charge on any atom is -0.434 e. The highest BCUT2D eigenvalue weighted by Crippen LogP contribution is 2.11. The molecule has 0 heterocycles. The van der Waals surface area contributed by atoms with Crippen LogP contribution in [0.2, 0.25) is 0 Å². The zero-order chi connectivity index (χ0) is 15.6. The number of unbranched alkanes of at least 4 members (excludes halogenated alkanes) is 11.